The second-order valence-electron chi connectivity index (χ2n) is 5.58. The van der Waals surface area contributed by atoms with Gasteiger partial charge in [-0.1, -0.05) is 61.9 Å². The summed E-state index contributed by atoms with van der Waals surface area (Å²) < 4.78 is 7.11. The third-order valence-electron chi connectivity index (χ3n) is 3.70. The summed E-state index contributed by atoms with van der Waals surface area (Å²) in [7, 11) is 0. The number of nitrogens with one attached hydrogen (secondary N) is 1. The molecule has 3 heteroatoms. The number of benzene rings is 1. The summed E-state index contributed by atoms with van der Waals surface area (Å²) in [5.74, 6) is 1.01. The number of rotatable bonds is 11. The highest BCUT2D eigenvalue weighted by Crippen LogP contribution is 2.28. The van der Waals surface area contributed by atoms with E-state index in [1.54, 1.807) is 0 Å². The SMILES string of the molecule is CCCCCCCCOc1ccc(Br)cc1C(C)NCC. The van der Waals surface area contributed by atoms with E-state index in [0.29, 0.717) is 6.04 Å². The number of hydrogen-bond acceptors (Lipinski definition) is 2. The Kier molecular flexibility index (Phi) is 9.77. The Morgan fingerprint density at radius 3 is 2.52 bits per heavy atom. The van der Waals surface area contributed by atoms with Crippen molar-refractivity contribution in [1.82, 2.24) is 5.32 Å². The molecule has 1 rings (SSSR count). The first-order valence-corrected chi connectivity index (χ1v) is 9.14. The van der Waals surface area contributed by atoms with Gasteiger partial charge in [-0.2, -0.15) is 0 Å². The molecule has 0 heterocycles. The van der Waals surface area contributed by atoms with Crippen molar-refractivity contribution >= 4 is 15.9 Å². The molecule has 2 nitrogen and oxygen atoms in total. The topological polar surface area (TPSA) is 21.3 Å². The molecule has 0 spiro atoms. The second kappa shape index (κ2) is 11.1. The van der Waals surface area contributed by atoms with Crippen molar-refractivity contribution in [3.05, 3.63) is 28.2 Å². The van der Waals surface area contributed by atoms with Gasteiger partial charge < -0.3 is 10.1 Å². The van der Waals surface area contributed by atoms with Gasteiger partial charge in [0.05, 0.1) is 6.61 Å². The Bertz CT molecular complexity index is 395. The minimum atomic E-state index is 0.312. The molecule has 0 saturated carbocycles. The minimum absolute atomic E-state index is 0.312. The molecule has 1 aromatic carbocycles. The molecule has 0 aliphatic rings. The van der Waals surface area contributed by atoms with Crippen molar-refractivity contribution in [3.8, 4) is 5.75 Å². The van der Waals surface area contributed by atoms with Crippen LogP contribution in [0, 0.1) is 0 Å². The van der Waals surface area contributed by atoms with E-state index in [-0.39, 0.29) is 0 Å². The van der Waals surface area contributed by atoms with Crippen molar-refractivity contribution < 1.29 is 4.74 Å². The van der Waals surface area contributed by atoms with Crippen molar-refractivity contribution in [2.24, 2.45) is 0 Å². The highest BCUT2D eigenvalue weighted by Gasteiger charge is 2.11. The molecule has 21 heavy (non-hydrogen) atoms. The Hall–Kier alpha value is -0.540. The van der Waals surface area contributed by atoms with Crippen LogP contribution in [0.1, 0.15) is 70.9 Å². The first-order chi connectivity index (χ1) is 10.2. The highest BCUT2D eigenvalue weighted by molar-refractivity contribution is 9.10. The first-order valence-electron chi connectivity index (χ1n) is 8.34. The summed E-state index contributed by atoms with van der Waals surface area (Å²) in [5, 5.41) is 3.45. The molecule has 0 aliphatic heterocycles. The van der Waals surface area contributed by atoms with E-state index in [0.717, 1.165) is 29.8 Å². The smallest absolute Gasteiger partial charge is 0.124 e. The molecule has 1 unspecified atom stereocenters. The van der Waals surface area contributed by atoms with E-state index < -0.39 is 0 Å². The van der Waals surface area contributed by atoms with Crippen LogP contribution in [0.4, 0.5) is 0 Å². The predicted molar refractivity (Wildman–Crippen MR) is 95.1 cm³/mol. The summed E-state index contributed by atoms with van der Waals surface area (Å²) in [6.45, 7) is 8.35. The highest BCUT2D eigenvalue weighted by atomic mass is 79.9. The zero-order valence-corrected chi connectivity index (χ0v) is 15.3. The maximum Gasteiger partial charge on any atom is 0.124 e. The fraction of sp³-hybridized carbons (Fsp3) is 0.667. The Labute approximate surface area is 138 Å². The first kappa shape index (κ1) is 18.5. The van der Waals surface area contributed by atoms with Gasteiger partial charge in [0.2, 0.25) is 0 Å². The standard InChI is InChI=1S/C18H30BrNO/c1-4-6-7-8-9-10-13-21-18-12-11-16(19)14-17(18)15(3)20-5-2/h11-12,14-15,20H,4-10,13H2,1-3H3. The van der Waals surface area contributed by atoms with Crippen molar-refractivity contribution in [3.63, 3.8) is 0 Å². The summed E-state index contributed by atoms with van der Waals surface area (Å²) in [5.41, 5.74) is 1.23. The van der Waals surface area contributed by atoms with Crippen LogP contribution in [0.5, 0.6) is 5.75 Å². The van der Waals surface area contributed by atoms with Crippen LogP contribution in [0.15, 0.2) is 22.7 Å². The molecule has 0 fully saturated rings. The van der Waals surface area contributed by atoms with Crippen LogP contribution >= 0.6 is 15.9 Å². The fourth-order valence-electron chi connectivity index (χ4n) is 2.47. The lowest BCUT2D eigenvalue weighted by Gasteiger charge is -2.18. The van der Waals surface area contributed by atoms with E-state index in [9.17, 15) is 0 Å². The van der Waals surface area contributed by atoms with Gasteiger partial charge in [0.15, 0.2) is 0 Å². The van der Waals surface area contributed by atoms with Gasteiger partial charge in [-0.05, 0) is 38.1 Å². The van der Waals surface area contributed by atoms with E-state index >= 15 is 0 Å². The molecule has 0 amide bonds. The van der Waals surface area contributed by atoms with Crippen molar-refractivity contribution in [2.75, 3.05) is 13.2 Å². The summed E-state index contributed by atoms with van der Waals surface area (Å²) >= 11 is 3.55. The van der Waals surface area contributed by atoms with E-state index in [1.807, 2.05) is 0 Å². The molecule has 0 aromatic heterocycles. The largest absolute Gasteiger partial charge is 0.493 e. The molecule has 0 bridgehead atoms. The monoisotopic (exact) mass is 355 g/mol. The van der Waals surface area contributed by atoms with Crippen LogP contribution in [-0.2, 0) is 0 Å². The van der Waals surface area contributed by atoms with Crippen LogP contribution in [0.2, 0.25) is 0 Å². The van der Waals surface area contributed by atoms with Crippen LogP contribution in [0.25, 0.3) is 0 Å². The minimum Gasteiger partial charge on any atom is -0.493 e. The normalized spacial score (nSPS) is 12.4. The Morgan fingerprint density at radius 1 is 1.10 bits per heavy atom. The van der Waals surface area contributed by atoms with Gasteiger partial charge in [-0.3, -0.25) is 0 Å². The predicted octanol–water partition coefficient (Wildman–Crippen LogP) is 5.86. The lowest BCUT2D eigenvalue weighted by atomic mass is 10.1. The maximum absolute atomic E-state index is 6.01. The average molecular weight is 356 g/mol. The maximum atomic E-state index is 6.01. The van der Waals surface area contributed by atoms with Crippen LogP contribution < -0.4 is 10.1 Å². The van der Waals surface area contributed by atoms with Gasteiger partial charge in [-0.15, -0.1) is 0 Å². The molecular formula is C18H30BrNO. The van der Waals surface area contributed by atoms with E-state index in [4.69, 9.17) is 4.74 Å². The van der Waals surface area contributed by atoms with Crippen molar-refractivity contribution in [2.45, 2.75) is 65.3 Å². The third-order valence-corrected chi connectivity index (χ3v) is 4.20. The number of unbranched alkanes of at least 4 members (excludes halogenated alkanes) is 5. The molecule has 1 atom stereocenters. The van der Waals surface area contributed by atoms with Gasteiger partial charge in [-0.25, -0.2) is 0 Å². The Balaban J connectivity index is 2.43. The van der Waals surface area contributed by atoms with Crippen molar-refractivity contribution in [1.29, 1.82) is 0 Å². The van der Waals surface area contributed by atoms with Gasteiger partial charge in [0.25, 0.3) is 0 Å². The quantitative estimate of drug-likeness (QED) is 0.502. The number of hydrogen-bond donors (Lipinski definition) is 1. The number of halogens is 1. The zero-order valence-electron chi connectivity index (χ0n) is 13.8. The zero-order chi connectivity index (χ0) is 15.5. The van der Waals surface area contributed by atoms with Crippen LogP contribution in [-0.4, -0.2) is 13.2 Å². The molecule has 120 valence electrons. The lowest BCUT2D eigenvalue weighted by molar-refractivity contribution is 0.298. The molecular weight excluding hydrogens is 326 g/mol. The molecule has 0 saturated heterocycles. The van der Waals surface area contributed by atoms with Gasteiger partial charge in [0, 0.05) is 16.1 Å². The van der Waals surface area contributed by atoms with Gasteiger partial charge >= 0.3 is 0 Å². The summed E-state index contributed by atoms with van der Waals surface area (Å²) in [4.78, 5) is 0. The van der Waals surface area contributed by atoms with Gasteiger partial charge in [0.1, 0.15) is 5.75 Å². The average Bonchev–Trinajstić information content (AvgIpc) is 2.47. The Morgan fingerprint density at radius 2 is 1.81 bits per heavy atom. The second-order valence-corrected chi connectivity index (χ2v) is 6.49. The summed E-state index contributed by atoms with van der Waals surface area (Å²) in [6, 6.07) is 6.60. The molecule has 0 radical (unpaired) electrons. The lowest BCUT2D eigenvalue weighted by Crippen LogP contribution is -2.18. The molecule has 1 N–H and O–H groups in total. The number of ether oxygens (including phenoxy) is 1. The third kappa shape index (κ3) is 7.32. The fourth-order valence-corrected chi connectivity index (χ4v) is 2.85. The molecule has 1 aromatic rings. The molecule has 0 aliphatic carbocycles. The van der Waals surface area contributed by atoms with Crippen LogP contribution in [0.3, 0.4) is 0 Å². The van der Waals surface area contributed by atoms with E-state index in [2.05, 4.69) is 60.2 Å². The van der Waals surface area contributed by atoms with E-state index in [1.165, 1.54) is 37.7 Å². The summed E-state index contributed by atoms with van der Waals surface area (Å²) in [6.07, 6.45) is 7.78.